The van der Waals surface area contributed by atoms with Crippen LogP contribution in [-0.2, 0) is 16.0 Å². The second kappa shape index (κ2) is 6.89. The smallest absolute Gasteiger partial charge is 0.310 e. The Morgan fingerprint density at radius 3 is 2.62 bits per heavy atom. The number of pyridine rings is 1. The Kier molecular flexibility index (Phi) is 4.67. The van der Waals surface area contributed by atoms with E-state index in [0.29, 0.717) is 21.7 Å². The molecule has 5 heteroatoms. The highest BCUT2D eigenvalue weighted by Crippen LogP contribution is 2.31. The van der Waals surface area contributed by atoms with Crippen LogP contribution >= 0.6 is 11.6 Å². The van der Waals surface area contributed by atoms with Gasteiger partial charge in [-0.3, -0.25) is 9.59 Å². The standard InChI is InChI=1S/C19H16ClNO3/c1-2-24-17(22)11-15-18(12-6-4-3-5-7-12)14-10-13(20)8-9-16(14)21-19(15)23/h3-10H,2,11H2,1H3,(H,21,23). The molecular formula is C19H16ClNO3. The molecule has 2 aromatic carbocycles. The lowest BCUT2D eigenvalue weighted by Crippen LogP contribution is -2.19. The van der Waals surface area contributed by atoms with Crippen LogP contribution in [0.5, 0.6) is 0 Å². The van der Waals surface area contributed by atoms with Crippen LogP contribution in [0.25, 0.3) is 22.0 Å². The number of fused-ring (bicyclic) bond motifs is 1. The van der Waals surface area contributed by atoms with Crippen LogP contribution in [0.15, 0.2) is 53.3 Å². The molecule has 0 amide bonds. The number of esters is 1. The molecule has 0 aliphatic heterocycles. The summed E-state index contributed by atoms with van der Waals surface area (Å²) in [6.45, 7) is 2.01. The van der Waals surface area contributed by atoms with Crippen molar-refractivity contribution in [1.82, 2.24) is 4.98 Å². The molecule has 1 N–H and O–H groups in total. The third-order valence-electron chi connectivity index (χ3n) is 3.76. The van der Waals surface area contributed by atoms with Crippen molar-refractivity contribution in [3.8, 4) is 11.1 Å². The van der Waals surface area contributed by atoms with Gasteiger partial charge in [0.05, 0.1) is 13.0 Å². The fourth-order valence-electron chi connectivity index (χ4n) is 2.77. The predicted molar refractivity (Wildman–Crippen MR) is 95.4 cm³/mol. The number of H-pyrrole nitrogens is 1. The number of benzene rings is 2. The molecule has 0 spiro atoms. The van der Waals surface area contributed by atoms with Gasteiger partial charge in [-0.15, -0.1) is 0 Å². The Bertz CT molecular complexity index is 948. The molecule has 0 unspecified atom stereocenters. The number of nitrogens with one attached hydrogen (secondary N) is 1. The molecule has 24 heavy (non-hydrogen) atoms. The van der Waals surface area contributed by atoms with Crippen LogP contribution in [0.4, 0.5) is 0 Å². The molecule has 0 aliphatic rings. The van der Waals surface area contributed by atoms with Crippen LogP contribution in [0, 0.1) is 0 Å². The highest BCUT2D eigenvalue weighted by molar-refractivity contribution is 6.31. The Morgan fingerprint density at radius 1 is 1.17 bits per heavy atom. The summed E-state index contributed by atoms with van der Waals surface area (Å²) >= 11 is 6.14. The van der Waals surface area contributed by atoms with E-state index in [2.05, 4.69) is 4.98 Å². The Labute approximate surface area is 144 Å². The summed E-state index contributed by atoms with van der Waals surface area (Å²) in [5.41, 5.74) is 2.34. The van der Waals surface area contributed by atoms with E-state index in [4.69, 9.17) is 16.3 Å². The van der Waals surface area contributed by atoms with Gasteiger partial charge in [-0.25, -0.2) is 0 Å². The fourth-order valence-corrected chi connectivity index (χ4v) is 2.94. The second-order valence-electron chi connectivity index (χ2n) is 5.35. The van der Waals surface area contributed by atoms with Gasteiger partial charge in [-0.1, -0.05) is 41.9 Å². The van der Waals surface area contributed by atoms with Crippen molar-refractivity contribution in [2.24, 2.45) is 0 Å². The molecule has 0 atom stereocenters. The number of aromatic nitrogens is 1. The van der Waals surface area contributed by atoms with E-state index in [-0.39, 0.29) is 18.6 Å². The largest absolute Gasteiger partial charge is 0.466 e. The Balaban J connectivity index is 2.31. The quantitative estimate of drug-likeness (QED) is 0.731. The molecule has 122 valence electrons. The van der Waals surface area contributed by atoms with Gasteiger partial charge >= 0.3 is 5.97 Å². The van der Waals surface area contributed by atoms with E-state index in [9.17, 15) is 9.59 Å². The Hall–Kier alpha value is -2.59. The number of carbonyl (C=O) groups excluding carboxylic acids is 1. The summed E-state index contributed by atoms with van der Waals surface area (Å²) in [5.74, 6) is -0.429. The molecule has 0 radical (unpaired) electrons. The van der Waals surface area contributed by atoms with Crippen molar-refractivity contribution >= 4 is 28.5 Å². The SMILES string of the molecule is CCOC(=O)Cc1c(-c2ccccc2)c2cc(Cl)ccc2[nH]c1=O. The van der Waals surface area contributed by atoms with Gasteiger partial charge in [0.15, 0.2) is 0 Å². The third kappa shape index (κ3) is 3.19. The number of aromatic amines is 1. The first-order chi connectivity index (χ1) is 11.6. The van der Waals surface area contributed by atoms with Crippen molar-refractivity contribution in [3.05, 3.63) is 69.5 Å². The summed E-state index contributed by atoms with van der Waals surface area (Å²) in [5, 5.41) is 1.36. The van der Waals surface area contributed by atoms with E-state index in [0.717, 1.165) is 10.9 Å². The van der Waals surface area contributed by atoms with Crippen LogP contribution in [0.2, 0.25) is 5.02 Å². The lowest BCUT2D eigenvalue weighted by atomic mass is 9.94. The topological polar surface area (TPSA) is 59.2 Å². The van der Waals surface area contributed by atoms with Gasteiger partial charge in [0, 0.05) is 27.1 Å². The first kappa shape index (κ1) is 16.3. The molecule has 1 aromatic heterocycles. The lowest BCUT2D eigenvalue weighted by Gasteiger charge is -2.13. The minimum Gasteiger partial charge on any atom is -0.466 e. The maximum absolute atomic E-state index is 12.6. The fraction of sp³-hybridized carbons (Fsp3) is 0.158. The van der Waals surface area contributed by atoms with Gasteiger partial charge in [0.1, 0.15) is 0 Å². The van der Waals surface area contributed by atoms with Gasteiger partial charge in [0.2, 0.25) is 0 Å². The molecule has 0 bridgehead atoms. The molecule has 0 saturated heterocycles. The molecule has 4 nitrogen and oxygen atoms in total. The van der Waals surface area contributed by atoms with Gasteiger partial charge < -0.3 is 9.72 Å². The van der Waals surface area contributed by atoms with Crippen molar-refractivity contribution in [2.75, 3.05) is 6.61 Å². The van der Waals surface area contributed by atoms with Crippen LogP contribution in [-0.4, -0.2) is 17.6 Å². The van der Waals surface area contributed by atoms with Crippen LogP contribution in [0.3, 0.4) is 0 Å². The summed E-state index contributed by atoms with van der Waals surface area (Å²) in [7, 11) is 0. The lowest BCUT2D eigenvalue weighted by molar-refractivity contribution is -0.142. The maximum Gasteiger partial charge on any atom is 0.310 e. The molecule has 0 aliphatic carbocycles. The second-order valence-corrected chi connectivity index (χ2v) is 5.78. The molecular weight excluding hydrogens is 326 g/mol. The molecule has 1 heterocycles. The summed E-state index contributed by atoms with van der Waals surface area (Å²) in [4.78, 5) is 27.3. The third-order valence-corrected chi connectivity index (χ3v) is 4.00. The number of hydrogen-bond donors (Lipinski definition) is 1. The van der Waals surface area contributed by atoms with E-state index in [1.807, 2.05) is 30.3 Å². The monoisotopic (exact) mass is 341 g/mol. The molecule has 0 saturated carbocycles. The normalized spacial score (nSPS) is 10.8. The number of halogens is 1. The Morgan fingerprint density at radius 2 is 1.92 bits per heavy atom. The highest BCUT2D eigenvalue weighted by atomic mass is 35.5. The number of hydrogen-bond acceptors (Lipinski definition) is 3. The van der Waals surface area contributed by atoms with Gasteiger partial charge in [0.25, 0.3) is 5.56 Å². The van der Waals surface area contributed by atoms with Gasteiger partial charge in [-0.2, -0.15) is 0 Å². The summed E-state index contributed by atoms with van der Waals surface area (Å²) in [6.07, 6.45) is -0.0874. The zero-order chi connectivity index (χ0) is 17.1. The summed E-state index contributed by atoms with van der Waals surface area (Å²) < 4.78 is 5.01. The average molecular weight is 342 g/mol. The average Bonchev–Trinajstić information content (AvgIpc) is 2.57. The predicted octanol–water partition coefficient (Wildman–Crippen LogP) is 3.95. The van der Waals surface area contributed by atoms with Crippen molar-refractivity contribution < 1.29 is 9.53 Å². The van der Waals surface area contributed by atoms with E-state index < -0.39 is 5.97 Å². The van der Waals surface area contributed by atoms with Crippen molar-refractivity contribution in [3.63, 3.8) is 0 Å². The van der Waals surface area contributed by atoms with Crippen LogP contribution in [0.1, 0.15) is 12.5 Å². The molecule has 0 fully saturated rings. The number of rotatable bonds is 4. The minimum atomic E-state index is -0.429. The van der Waals surface area contributed by atoms with Crippen molar-refractivity contribution in [2.45, 2.75) is 13.3 Å². The maximum atomic E-state index is 12.6. The zero-order valence-corrected chi connectivity index (χ0v) is 13.9. The zero-order valence-electron chi connectivity index (χ0n) is 13.1. The first-order valence-electron chi connectivity index (χ1n) is 7.65. The van der Waals surface area contributed by atoms with Gasteiger partial charge in [-0.05, 0) is 30.7 Å². The minimum absolute atomic E-state index is 0.0874. The van der Waals surface area contributed by atoms with E-state index in [1.54, 1.807) is 25.1 Å². The van der Waals surface area contributed by atoms with Crippen LogP contribution < -0.4 is 5.56 Å². The number of carbonyl (C=O) groups is 1. The molecule has 3 aromatic rings. The van der Waals surface area contributed by atoms with Crippen molar-refractivity contribution in [1.29, 1.82) is 0 Å². The van der Waals surface area contributed by atoms with E-state index >= 15 is 0 Å². The van der Waals surface area contributed by atoms with E-state index in [1.165, 1.54) is 0 Å². The molecule has 3 rings (SSSR count). The summed E-state index contributed by atoms with van der Waals surface area (Å²) in [6, 6.07) is 14.8. The highest BCUT2D eigenvalue weighted by Gasteiger charge is 2.18. The first-order valence-corrected chi connectivity index (χ1v) is 8.03. The number of ether oxygens (including phenoxy) is 1.